The van der Waals surface area contributed by atoms with E-state index in [9.17, 15) is 0 Å². The minimum absolute atomic E-state index is 0.680. The van der Waals surface area contributed by atoms with Crippen LogP contribution in [-0.4, -0.2) is 40.5 Å². The van der Waals surface area contributed by atoms with E-state index in [2.05, 4.69) is 32.9 Å². The number of nitrogens with one attached hydrogen (secondary N) is 1. The largest absolute Gasteiger partial charge is 0.475 e. The second-order valence-corrected chi connectivity index (χ2v) is 5.05. The van der Waals surface area contributed by atoms with Crippen LogP contribution in [0.25, 0.3) is 5.57 Å². The summed E-state index contributed by atoms with van der Waals surface area (Å²) in [7, 11) is 2.07. The highest BCUT2D eigenvalue weighted by atomic mass is 32.1. The van der Waals surface area contributed by atoms with Gasteiger partial charge >= 0.3 is 0 Å². The Kier molecular flexibility index (Phi) is 4.95. The maximum Gasteiger partial charge on any atom is 0.253 e. The molecule has 1 aliphatic rings. The maximum atomic E-state index is 5.72. The molecule has 0 bridgehead atoms. The molecule has 100 valence electrons. The second kappa shape index (κ2) is 6.70. The van der Waals surface area contributed by atoms with Crippen LogP contribution in [0.4, 0.5) is 0 Å². The number of aromatic nitrogens is 2. The summed E-state index contributed by atoms with van der Waals surface area (Å²) in [4.78, 5) is 2.19. The zero-order chi connectivity index (χ0) is 12.8. The topological polar surface area (TPSA) is 50.3 Å². The summed E-state index contributed by atoms with van der Waals surface area (Å²) in [5, 5.41) is 3.22. The summed E-state index contributed by atoms with van der Waals surface area (Å²) in [5.41, 5.74) is 2.03. The Balaban J connectivity index is 1.96. The van der Waals surface area contributed by atoms with Gasteiger partial charge in [0.2, 0.25) is 0 Å². The lowest BCUT2D eigenvalue weighted by Gasteiger charge is -2.23. The van der Waals surface area contributed by atoms with Gasteiger partial charge in [-0.25, -0.2) is 0 Å². The van der Waals surface area contributed by atoms with Crippen LogP contribution in [0.5, 0.6) is 5.88 Å². The van der Waals surface area contributed by atoms with Gasteiger partial charge < -0.3 is 10.1 Å². The van der Waals surface area contributed by atoms with Gasteiger partial charge in [0.1, 0.15) is 5.69 Å². The molecule has 1 N–H and O–H groups in total. The van der Waals surface area contributed by atoms with Gasteiger partial charge in [-0.15, -0.1) is 4.37 Å². The summed E-state index contributed by atoms with van der Waals surface area (Å²) in [6.07, 6.45) is 5.48. The van der Waals surface area contributed by atoms with Crippen molar-refractivity contribution in [2.24, 2.45) is 0 Å². The van der Waals surface area contributed by atoms with E-state index >= 15 is 0 Å². The van der Waals surface area contributed by atoms with Crippen LogP contribution in [0.2, 0.25) is 0 Å². The molecular formula is C12H20N4OS. The van der Waals surface area contributed by atoms with Crippen LogP contribution >= 0.6 is 11.7 Å². The van der Waals surface area contributed by atoms with Gasteiger partial charge in [0.05, 0.1) is 25.0 Å². The predicted octanol–water partition coefficient (Wildman–Crippen LogP) is 1.94. The van der Waals surface area contributed by atoms with Crippen molar-refractivity contribution in [2.75, 3.05) is 26.9 Å². The minimum atomic E-state index is 0.680. The van der Waals surface area contributed by atoms with E-state index in [-0.39, 0.29) is 0 Å². The Morgan fingerprint density at radius 3 is 3.11 bits per heavy atom. The Bertz CT molecular complexity index is 405. The van der Waals surface area contributed by atoms with Crippen LogP contribution in [-0.2, 0) is 0 Å². The average molecular weight is 268 g/mol. The molecular weight excluding hydrogens is 248 g/mol. The van der Waals surface area contributed by atoms with Gasteiger partial charge in [-0.05, 0) is 13.5 Å². The molecule has 0 aromatic carbocycles. The molecule has 0 radical (unpaired) electrons. The fourth-order valence-corrected chi connectivity index (χ4v) is 2.38. The smallest absolute Gasteiger partial charge is 0.253 e. The summed E-state index contributed by atoms with van der Waals surface area (Å²) >= 11 is 1.21. The van der Waals surface area contributed by atoms with E-state index in [0.717, 1.165) is 37.5 Å². The predicted molar refractivity (Wildman–Crippen MR) is 73.5 cm³/mol. The summed E-state index contributed by atoms with van der Waals surface area (Å²) in [5.74, 6) is 0.680. The molecule has 6 heteroatoms. The molecule has 0 spiro atoms. The Hall–Kier alpha value is -1.14. The van der Waals surface area contributed by atoms with Crippen molar-refractivity contribution in [2.45, 2.75) is 26.2 Å². The lowest BCUT2D eigenvalue weighted by molar-refractivity contribution is 0.295. The molecule has 0 unspecified atom stereocenters. The molecule has 0 saturated heterocycles. The highest BCUT2D eigenvalue weighted by molar-refractivity contribution is 6.99. The number of unbranched alkanes of at least 4 members (excludes halogenated alkanes) is 2. The molecule has 1 aromatic heterocycles. The molecule has 1 aromatic rings. The lowest BCUT2D eigenvalue weighted by Crippen LogP contribution is -2.34. The van der Waals surface area contributed by atoms with Crippen molar-refractivity contribution < 1.29 is 4.74 Å². The number of nitrogens with zero attached hydrogens (tertiary/aromatic N) is 3. The summed E-state index contributed by atoms with van der Waals surface area (Å²) in [6, 6.07) is 0. The molecule has 0 aliphatic carbocycles. The molecule has 0 saturated carbocycles. The standard InChI is InChI=1S/C12H20N4OS/c1-3-4-5-6-17-12-11(14-18-15-12)10-7-13-9-16(2)8-10/h7,13H,3-6,8-9H2,1-2H3. The first-order chi connectivity index (χ1) is 8.81. The molecule has 2 heterocycles. The molecule has 0 amide bonds. The Labute approximate surface area is 112 Å². The monoisotopic (exact) mass is 268 g/mol. The van der Waals surface area contributed by atoms with Gasteiger partial charge in [-0.2, -0.15) is 4.37 Å². The van der Waals surface area contributed by atoms with E-state index in [0.29, 0.717) is 5.88 Å². The number of hydrogen-bond donors (Lipinski definition) is 1. The van der Waals surface area contributed by atoms with Gasteiger partial charge in [0.25, 0.3) is 5.88 Å². The van der Waals surface area contributed by atoms with Crippen LogP contribution < -0.4 is 10.1 Å². The zero-order valence-corrected chi connectivity index (χ0v) is 11.8. The molecule has 5 nitrogen and oxygen atoms in total. The number of hydrogen-bond acceptors (Lipinski definition) is 6. The maximum absolute atomic E-state index is 5.72. The van der Waals surface area contributed by atoms with Crippen molar-refractivity contribution in [1.29, 1.82) is 0 Å². The molecule has 2 rings (SSSR count). The quantitative estimate of drug-likeness (QED) is 0.799. The molecule has 1 aliphatic heterocycles. The van der Waals surface area contributed by atoms with Crippen LogP contribution in [0, 0.1) is 0 Å². The Morgan fingerprint density at radius 2 is 2.33 bits per heavy atom. The van der Waals surface area contributed by atoms with Crippen LogP contribution in [0.1, 0.15) is 31.9 Å². The van der Waals surface area contributed by atoms with Crippen LogP contribution in [0.3, 0.4) is 0 Å². The van der Waals surface area contributed by atoms with E-state index in [4.69, 9.17) is 4.74 Å². The van der Waals surface area contributed by atoms with E-state index in [1.54, 1.807) is 0 Å². The molecule has 0 atom stereocenters. The Morgan fingerprint density at radius 1 is 1.44 bits per heavy atom. The number of likely N-dealkylation sites (N-methyl/N-ethyl adjacent to an activating group) is 1. The number of ether oxygens (including phenoxy) is 1. The van der Waals surface area contributed by atoms with Crippen molar-refractivity contribution >= 4 is 17.3 Å². The minimum Gasteiger partial charge on any atom is -0.475 e. The lowest BCUT2D eigenvalue weighted by atomic mass is 10.2. The third-order valence-corrected chi connectivity index (χ3v) is 3.34. The van der Waals surface area contributed by atoms with Crippen molar-refractivity contribution in [3.05, 3.63) is 11.9 Å². The third-order valence-electron chi connectivity index (χ3n) is 2.83. The fourth-order valence-electron chi connectivity index (χ4n) is 1.85. The first-order valence-corrected chi connectivity index (χ1v) is 7.11. The van der Waals surface area contributed by atoms with E-state index in [1.807, 2.05) is 6.20 Å². The first-order valence-electron chi connectivity index (χ1n) is 6.38. The highest BCUT2D eigenvalue weighted by Gasteiger charge is 2.18. The summed E-state index contributed by atoms with van der Waals surface area (Å²) in [6.45, 7) is 4.66. The van der Waals surface area contributed by atoms with Crippen molar-refractivity contribution in [1.82, 2.24) is 19.0 Å². The van der Waals surface area contributed by atoms with E-state index in [1.165, 1.54) is 24.6 Å². The third kappa shape index (κ3) is 3.43. The van der Waals surface area contributed by atoms with Gasteiger partial charge in [-0.1, -0.05) is 19.8 Å². The van der Waals surface area contributed by atoms with Crippen molar-refractivity contribution in [3.8, 4) is 5.88 Å². The summed E-state index contributed by atoms with van der Waals surface area (Å²) < 4.78 is 14.3. The second-order valence-electron chi connectivity index (χ2n) is 4.52. The number of rotatable bonds is 6. The van der Waals surface area contributed by atoms with Gasteiger partial charge in [-0.3, -0.25) is 4.90 Å². The van der Waals surface area contributed by atoms with E-state index < -0.39 is 0 Å². The zero-order valence-electron chi connectivity index (χ0n) is 11.0. The average Bonchev–Trinajstić information content (AvgIpc) is 2.83. The van der Waals surface area contributed by atoms with Crippen molar-refractivity contribution in [3.63, 3.8) is 0 Å². The van der Waals surface area contributed by atoms with Crippen LogP contribution in [0.15, 0.2) is 6.20 Å². The van der Waals surface area contributed by atoms with Gasteiger partial charge in [0, 0.05) is 18.3 Å². The molecule has 0 fully saturated rings. The fraction of sp³-hybridized carbons (Fsp3) is 0.667. The SMILES string of the molecule is CCCCCOc1nsnc1C1=CNCN(C)C1. The molecule has 18 heavy (non-hydrogen) atoms. The highest BCUT2D eigenvalue weighted by Crippen LogP contribution is 2.25. The van der Waals surface area contributed by atoms with Gasteiger partial charge in [0.15, 0.2) is 0 Å². The normalized spacial score (nSPS) is 16.2. The first kappa shape index (κ1) is 13.3.